The van der Waals surface area contributed by atoms with E-state index < -0.39 is 5.97 Å². The number of hydrogen-bond donors (Lipinski definition) is 1. The number of hydrogen-bond acceptors (Lipinski definition) is 3. The summed E-state index contributed by atoms with van der Waals surface area (Å²) in [5, 5.41) is 9.07. The molecule has 4 nitrogen and oxygen atoms in total. The summed E-state index contributed by atoms with van der Waals surface area (Å²) in [6.45, 7) is 2.13. The number of likely N-dealkylation sites (N-methyl/N-ethyl adjacent to an activating group) is 1. The van der Waals surface area contributed by atoms with E-state index in [2.05, 4.69) is 23.9 Å². The maximum atomic E-state index is 11.0. The minimum Gasteiger partial charge on any atom is -0.481 e. The molecule has 0 radical (unpaired) electrons. The van der Waals surface area contributed by atoms with E-state index in [4.69, 9.17) is 5.11 Å². The Morgan fingerprint density at radius 1 is 1.31 bits per heavy atom. The fraction of sp³-hybridized carbons (Fsp3) is 0.917. The normalized spacial score (nSPS) is 36.1. The van der Waals surface area contributed by atoms with Crippen molar-refractivity contribution in [1.82, 2.24) is 9.80 Å². The van der Waals surface area contributed by atoms with Crippen molar-refractivity contribution in [3.63, 3.8) is 0 Å². The van der Waals surface area contributed by atoms with Crippen LogP contribution in [0, 0.1) is 5.92 Å². The van der Waals surface area contributed by atoms with Gasteiger partial charge in [-0.3, -0.25) is 9.69 Å². The molecule has 92 valence electrons. The second-order valence-corrected chi connectivity index (χ2v) is 5.34. The number of aliphatic carboxylic acids is 1. The molecule has 2 aliphatic rings. The predicted octanol–water partition coefficient (Wildman–Crippen LogP) is 0.876. The van der Waals surface area contributed by atoms with Gasteiger partial charge in [-0.25, -0.2) is 0 Å². The lowest BCUT2D eigenvalue weighted by atomic mass is 9.77. The van der Waals surface area contributed by atoms with Crippen molar-refractivity contribution in [2.75, 3.05) is 27.2 Å². The van der Waals surface area contributed by atoms with Gasteiger partial charge in [-0.15, -0.1) is 0 Å². The molecule has 0 spiro atoms. The van der Waals surface area contributed by atoms with Gasteiger partial charge in [0.25, 0.3) is 0 Å². The SMILES string of the molecule is CN(C)C1CCCN(C2CCC2C(=O)O)C1. The van der Waals surface area contributed by atoms with Crippen LogP contribution in [0.15, 0.2) is 0 Å². The fourth-order valence-electron chi connectivity index (χ4n) is 2.91. The Hall–Kier alpha value is -0.610. The molecular formula is C12H22N2O2. The highest BCUT2D eigenvalue weighted by atomic mass is 16.4. The lowest BCUT2D eigenvalue weighted by molar-refractivity contribution is -0.149. The lowest BCUT2D eigenvalue weighted by Crippen LogP contribution is -2.56. The van der Waals surface area contributed by atoms with Crippen molar-refractivity contribution < 1.29 is 9.90 Å². The van der Waals surface area contributed by atoms with Gasteiger partial charge in [-0.05, 0) is 46.3 Å². The van der Waals surface area contributed by atoms with E-state index in [0.717, 1.165) is 25.9 Å². The van der Waals surface area contributed by atoms with Crippen molar-refractivity contribution in [2.45, 2.75) is 37.8 Å². The number of carboxylic acids is 1. The van der Waals surface area contributed by atoms with Crippen molar-refractivity contribution in [1.29, 1.82) is 0 Å². The summed E-state index contributed by atoms with van der Waals surface area (Å²) in [4.78, 5) is 15.7. The molecule has 3 atom stereocenters. The summed E-state index contributed by atoms with van der Waals surface area (Å²) in [5.41, 5.74) is 0. The molecule has 0 aromatic rings. The fourth-order valence-corrected chi connectivity index (χ4v) is 2.91. The van der Waals surface area contributed by atoms with Crippen LogP contribution >= 0.6 is 0 Å². The van der Waals surface area contributed by atoms with Crippen molar-refractivity contribution >= 4 is 5.97 Å². The number of nitrogens with zero attached hydrogens (tertiary/aromatic N) is 2. The van der Waals surface area contributed by atoms with Crippen LogP contribution < -0.4 is 0 Å². The third-order valence-corrected chi connectivity index (χ3v) is 4.18. The van der Waals surface area contributed by atoms with Gasteiger partial charge in [0.15, 0.2) is 0 Å². The molecule has 0 amide bonds. The predicted molar refractivity (Wildman–Crippen MR) is 62.4 cm³/mol. The molecule has 0 aromatic heterocycles. The largest absolute Gasteiger partial charge is 0.481 e. The first-order valence-corrected chi connectivity index (χ1v) is 6.23. The Bertz CT molecular complexity index is 268. The first-order valence-electron chi connectivity index (χ1n) is 6.23. The first-order chi connectivity index (χ1) is 7.59. The van der Waals surface area contributed by atoms with Crippen LogP contribution in [0.4, 0.5) is 0 Å². The summed E-state index contributed by atoms with van der Waals surface area (Å²) >= 11 is 0. The van der Waals surface area contributed by atoms with E-state index in [1.807, 2.05) is 0 Å². The summed E-state index contributed by atoms with van der Waals surface area (Å²) in [6, 6.07) is 0.907. The molecule has 16 heavy (non-hydrogen) atoms. The van der Waals surface area contributed by atoms with Crippen LogP contribution in [0.3, 0.4) is 0 Å². The zero-order valence-electron chi connectivity index (χ0n) is 10.2. The summed E-state index contributed by atoms with van der Waals surface area (Å²) in [7, 11) is 4.23. The maximum absolute atomic E-state index is 11.0. The van der Waals surface area contributed by atoms with Crippen LogP contribution in [0.5, 0.6) is 0 Å². The quantitative estimate of drug-likeness (QED) is 0.775. The Balaban J connectivity index is 1.92. The van der Waals surface area contributed by atoms with Crippen LogP contribution in [0.25, 0.3) is 0 Å². The Morgan fingerprint density at radius 3 is 2.56 bits per heavy atom. The molecule has 0 aromatic carbocycles. The van der Waals surface area contributed by atoms with E-state index in [1.165, 1.54) is 12.8 Å². The number of likely N-dealkylation sites (tertiary alicyclic amines) is 1. The highest BCUT2D eigenvalue weighted by Gasteiger charge is 2.41. The Kier molecular flexibility index (Phi) is 3.50. The van der Waals surface area contributed by atoms with E-state index in [-0.39, 0.29) is 5.92 Å². The van der Waals surface area contributed by atoms with Crippen molar-refractivity contribution in [3.8, 4) is 0 Å². The molecule has 1 aliphatic heterocycles. The Morgan fingerprint density at radius 2 is 2.06 bits per heavy atom. The van der Waals surface area contributed by atoms with Gasteiger partial charge < -0.3 is 10.0 Å². The van der Waals surface area contributed by atoms with Crippen molar-refractivity contribution in [3.05, 3.63) is 0 Å². The molecule has 1 heterocycles. The molecule has 3 unspecified atom stereocenters. The second-order valence-electron chi connectivity index (χ2n) is 5.34. The summed E-state index contributed by atoms with van der Waals surface area (Å²) < 4.78 is 0. The average molecular weight is 226 g/mol. The smallest absolute Gasteiger partial charge is 0.308 e. The van der Waals surface area contributed by atoms with Crippen LogP contribution in [0.2, 0.25) is 0 Å². The minimum absolute atomic E-state index is 0.110. The van der Waals surface area contributed by atoms with Crippen LogP contribution in [-0.4, -0.2) is 60.1 Å². The lowest BCUT2D eigenvalue weighted by Gasteiger charge is -2.46. The molecule has 1 saturated carbocycles. The van der Waals surface area contributed by atoms with Crippen LogP contribution in [0.1, 0.15) is 25.7 Å². The third kappa shape index (κ3) is 2.23. The molecule has 1 N–H and O–H groups in total. The molecule has 1 aliphatic carbocycles. The molecule has 2 fully saturated rings. The highest BCUT2D eigenvalue weighted by Crippen LogP contribution is 2.34. The van der Waals surface area contributed by atoms with E-state index in [0.29, 0.717) is 12.1 Å². The van der Waals surface area contributed by atoms with Gasteiger partial charge in [0.05, 0.1) is 5.92 Å². The maximum Gasteiger partial charge on any atom is 0.308 e. The van der Waals surface area contributed by atoms with E-state index in [9.17, 15) is 4.79 Å². The van der Waals surface area contributed by atoms with E-state index >= 15 is 0 Å². The highest BCUT2D eigenvalue weighted by molar-refractivity contribution is 5.72. The van der Waals surface area contributed by atoms with Crippen molar-refractivity contribution in [2.24, 2.45) is 5.92 Å². The summed E-state index contributed by atoms with van der Waals surface area (Å²) in [6.07, 6.45) is 4.37. The number of carbonyl (C=O) groups is 1. The molecule has 0 bridgehead atoms. The van der Waals surface area contributed by atoms with Crippen LogP contribution in [-0.2, 0) is 4.79 Å². The molecular weight excluding hydrogens is 204 g/mol. The van der Waals surface area contributed by atoms with Gasteiger partial charge in [-0.1, -0.05) is 0 Å². The molecule has 1 saturated heterocycles. The average Bonchev–Trinajstić information content (AvgIpc) is 2.15. The number of carboxylic acid groups (broad SMARTS) is 1. The van der Waals surface area contributed by atoms with Gasteiger partial charge in [0, 0.05) is 18.6 Å². The first kappa shape index (κ1) is 11.9. The van der Waals surface area contributed by atoms with Gasteiger partial charge in [0.2, 0.25) is 0 Å². The zero-order valence-corrected chi connectivity index (χ0v) is 10.2. The third-order valence-electron chi connectivity index (χ3n) is 4.18. The summed E-state index contributed by atoms with van der Waals surface area (Å²) in [5.74, 6) is -0.718. The Labute approximate surface area is 97.2 Å². The van der Waals surface area contributed by atoms with Gasteiger partial charge >= 0.3 is 5.97 Å². The minimum atomic E-state index is -0.608. The monoisotopic (exact) mass is 226 g/mol. The van der Waals surface area contributed by atoms with Gasteiger partial charge in [0.1, 0.15) is 0 Å². The number of piperidine rings is 1. The molecule has 2 rings (SSSR count). The molecule has 4 heteroatoms. The van der Waals surface area contributed by atoms with E-state index in [1.54, 1.807) is 0 Å². The standard InChI is InChI=1S/C12H22N2O2/c1-13(2)9-4-3-7-14(8-9)11-6-5-10(11)12(15)16/h9-11H,3-8H2,1-2H3,(H,15,16). The second kappa shape index (κ2) is 4.72. The van der Waals surface area contributed by atoms with Gasteiger partial charge in [-0.2, -0.15) is 0 Å². The zero-order chi connectivity index (χ0) is 11.7. The number of rotatable bonds is 3. The topological polar surface area (TPSA) is 43.8 Å².